The summed E-state index contributed by atoms with van der Waals surface area (Å²) in [5.74, 6) is -0.932. The van der Waals surface area contributed by atoms with E-state index in [4.69, 9.17) is 16.7 Å². The van der Waals surface area contributed by atoms with Crippen molar-refractivity contribution in [1.82, 2.24) is 4.90 Å². The van der Waals surface area contributed by atoms with Crippen LogP contribution >= 0.6 is 22.9 Å². The minimum absolute atomic E-state index is 0.430. The Labute approximate surface area is 104 Å². The van der Waals surface area contributed by atoms with E-state index in [-0.39, 0.29) is 0 Å². The largest absolute Gasteiger partial charge is 0.480 e. The van der Waals surface area contributed by atoms with E-state index in [1.165, 1.54) is 4.88 Å². The average molecular weight is 260 g/mol. The Balaban J connectivity index is 1.92. The summed E-state index contributed by atoms with van der Waals surface area (Å²) in [7, 11) is 0. The molecule has 3 nitrogen and oxygen atoms in total. The predicted octanol–water partition coefficient (Wildman–Crippen LogP) is 2.40. The molecule has 16 heavy (non-hydrogen) atoms. The second-order valence-corrected chi connectivity index (χ2v) is 5.60. The molecule has 0 aliphatic heterocycles. The van der Waals surface area contributed by atoms with Crippen LogP contribution in [0, 0.1) is 0 Å². The molecule has 1 aliphatic rings. The number of halogens is 1. The van der Waals surface area contributed by atoms with Gasteiger partial charge in [-0.3, -0.25) is 9.69 Å². The van der Waals surface area contributed by atoms with E-state index in [0.717, 1.165) is 19.4 Å². The van der Waals surface area contributed by atoms with Crippen LogP contribution in [0.25, 0.3) is 0 Å². The number of hydrogen-bond donors (Lipinski definition) is 1. The van der Waals surface area contributed by atoms with Gasteiger partial charge in [0.15, 0.2) is 0 Å². The fraction of sp³-hybridized carbons (Fsp3) is 0.545. The van der Waals surface area contributed by atoms with Crippen LogP contribution in [0.5, 0.6) is 0 Å². The summed E-state index contributed by atoms with van der Waals surface area (Å²) in [6.45, 7) is 1.25. The molecule has 0 amide bonds. The van der Waals surface area contributed by atoms with E-state index < -0.39 is 11.3 Å². The van der Waals surface area contributed by atoms with Gasteiger partial charge in [-0.1, -0.05) is 6.07 Å². The smallest absolute Gasteiger partial charge is 0.322 e. The zero-order valence-corrected chi connectivity index (χ0v) is 10.4. The molecule has 88 valence electrons. The summed E-state index contributed by atoms with van der Waals surface area (Å²) in [5.41, 5.74) is 0. The van der Waals surface area contributed by atoms with Crippen molar-refractivity contribution in [2.45, 2.75) is 30.8 Å². The van der Waals surface area contributed by atoms with Gasteiger partial charge in [0.25, 0.3) is 0 Å². The maximum Gasteiger partial charge on any atom is 0.322 e. The van der Waals surface area contributed by atoms with Crippen molar-refractivity contribution in [3.63, 3.8) is 0 Å². The summed E-state index contributed by atoms with van der Waals surface area (Å²) >= 11 is 7.48. The topological polar surface area (TPSA) is 40.5 Å². The third-order valence-electron chi connectivity index (χ3n) is 2.67. The van der Waals surface area contributed by atoms with Gasteiger partial charge in [-0.25, -0.2) is 0 Å². The lowest BCUT2D eigenvalue weighted by molar-refractivity contribution is -0.137. The Morgan fingerprint density at radius 3 is 2.94 bits per heavy atom. The molecule has 0 radical (unpaired) electrons. The van der Waals surface area contributed by atoms with Crippen LogP contribution < -0.4 is 0 Å². The quantitative estimate of drug-likeness (QED) is 0.798. The van der Waals surface area contributed by atoms with E-state index in [9.17, 15) is 4.79 Å². The molecule has 0 bridgehead atoms. The van der Waals surface area contributed by atoms with Gasteiger partial charge in [-0.05, 0) is 24.3 Å². The molecular formula is C11H14ClNO2S. The number of rotatable bonds is 6. The van der Waals surface area contributed by atoms with Crippen LogP contribution in [0.15, 0.2) is 17.5 Å². The molecule has 2 rings (SSSR count). The molecule has 1 aliphatic carbocycles. The van der Waals surface area contributed by atoms with Gasteiger partial charge in [0.1, 0.15) is 5.38 Å². The Morgan fingerprint density at radius 1 is 1.69 bits per heavy atom. The average Bonchev–Trinajstić information content (AvgIpc) is 2.97. The minimum atomic E-state index is -0.932. The van der Waals surface area contributed by atoms with Crippen molar-refractivity contribution in [3.05, 3.63) is 22.4 Å². The molecule has 0 aromatic carbocycles. The third-order valence-corrected chi connectivity index (χ3v) is 3.85. The van der Waals surface area contributed by atoms with Gasteiger partial charge in [0.05, 0.1) is 0 Å². The van der Waals surface area contributed by atoms with Gasteiger partial charge in [-0.2, -0.15) is 0 Å². The summed E-state index contributed by atoms with van der Waals surface area (Å²) < 4.78 is 0. The van der Waals surface area contributed by atoms with Crippen molar-refractivity contribution >= 4 is 28.9 Å². The summed E-state index contributed by atoms with van der Waals surface area (Å²) in [6, 6.07) is 4.62. The van der Waals surface area contributed by atoms with Crippen LogP contribution in [0.1, 0.15) is 17.7 Å². The number of nitrogens with zero attached hydrogens (tertiary/aromatic N) is 1. The fourth-order valence-electron chi connectivity index (χ4n) is 1.67. The highest BCUT2D eigenvalue weighted by atomic mass is 35.5. The van der Waals surface area contributed by atoms with Crippen LogP contribution in [-0.4, -0.2) is 33.9 Å². The number of hydrogen-bond acceptors (Lipinski definition) is 3. The molecule has 1 heterocycles. The van der Waals surface area contributed by atoms with Crippen molar-refractivity contribution in [2.24, 2.45) is 0 Å². The lowest BCUT2D eigenvalue weighted by Gasteiger charge is -2.22. The first kappa shape index (κ1) is 11.9. The first-order chi connectivity index (χ1) is 7.66. The molecule has 1 unspecified atom stereocenters. The third kappa shape index (κ3) is 3.20. The first-order valence-electron chi connectivity index (χ1n) is 5.30. The van der Waals surface area contributed by atoms with Crippen molar-refractivity contribution in [1.29, 1.82) is 0 Å². The molecule has 1 N–H and O–H groups in total. The monoisotopic (exact) mass is 259 g/mol. The molecule has 1 aromatic rings. The van der Waals surface area contributed by atoms with Crippen LogP contribution in [0.4, 0.5) is 0 Å². The van der Waals surface area contributed by atoms with Crippen molar-refractivity contribution in [2.75, 3.05) is 6.54 Å². The number of carboxylic acid groups (broad SMARTS) is 1. The molecular weight excluding hydrogens is 246 g/mol. The lowest BCUT2D eigenvalue weighted by atomic mass is 10.3. The Hall–Kier alpha value is -0.580. The highest BCUT2D eigenvalue weighted by Crippen LogP contribution is 2.29. The standard InChI is InChI=1S/C11H14ClNO2S/c12-10(11(14)15)7-13(8-3-4-8)6-9-2-1-5-16-9/h1-2,5,8,10H,3-4,6-7H2,(H,14,15). The second-order valence-electron chi connectivity index (χ2n) is 4.05. The molecule has 1 atom stereocenters. The van der Waals surface area contributed by atoms with Crippen LogP contribution in [0.2, 0.25) is 0 Å². The molecule has 1 aromatic heterocycles. The Morgan fingerprint density at radius 2 is 2.44 bits per heavy atom. The van der Waals surface area contributed by atoms with Crippen molar-refractivity contribution in [3.8, 4) is 0 Å². The minimum Gasteiger partial charge on any atom is -0.480 e. The van der Waals surface area contributed by atoms with E-state index >= 15 is 0 Å². The summed E-state index contributed by atoms with van der Waals surface area (Å²) in [6.07, 6.45) is 2.32. The van der Waals surface area contributed by atoms with Crippen LogP contribution in [-0.2, 0) is 11.3 Å². The number of aliphatic carboxylic acids is 1. The SMILES string of the molecule is O=C(O)C(Cl)CN(Cc1cccs1)C1CC1. The van der Waals surface area contributed by atoms with Gasteiger partial charge >= 0.3 is 5.97 Å². The normalized spacial score (nSPS) is 17.6. The maximum absolute atomic E-state index is 10.7. The lowest BCUT2D eigenvalue weighted by Crippen LogP contribution is -2.34. The van der Waals surface area contributed by atoms with E-state index in [1.807, 2.05) is 11.4 Å². The summed E-state index contributed by atoms with van der Waals surface area (Å²) in [5, 5.41) is 10.0. The highest BCUT2D eigenvalue weighted by molar-refractivity contribution is 7.09. The zero-order valence-electron chi connectivity index (χ0n) is 8.80. The molecule has 5 heteroatoms. The number of alkyl halides is 1. The van der Waals surface area contributed by atoms with E-state index in [0.29, 0.717) is 12.6 Å². The molecule has 1 fully saturated rings. The number of carboxylic acids is 1. The molecule has 0 spiro atoms. The number of thiophene rings is 1. The van der Waals surface area contributed by atoms with E-state index in [2.05, 4.69) is 11.0 Å². The van der Waals surface area contributed by atoms with Gasteiger partial charge in [0.2, 0.25) is 0 Å². The molecule has 1 saturated carbocycles. The predicted molar refractivity (Wildman–Crippen MR) is 65.0 cm³/mol. The van der Waals surface area contributed by atoms with Gasteiger partial charge in [-0.15, -0.1) is 22.9 Å². The fourth-order valence-corrected chi connectivity index (χ4v) is 2.58. The maximum atomic E-state index is 10.7. The summed E-state index contributed by atoms with van der Waals surface area (Å²) in [4.78, 5) is 14.2. The highest BCUT2D eigenvalue weighted by Gasteiger charge is 2.31. The van der Waals surface area contributed by atoms with Gasteiger partial charge < -0.3 is 5.11 Å². The van der Waals surface area contributed by atoms with Gasteiger partial charge in [0, 0.05) is 24.0 Å². The Kier molecular flexibility index (Phi) is 3.84. The van der Waals surface area contributed by atoms with Crippen LogP contribution in [0.3, 0.4) is 0 Å². The Bertz CT molecular complexity index is 351. The molecule has 0 saturated heterocycles. The second kappa shape index (κ2) is 5.17. The zero-order chi connectivity index (χ0) is 11.5. The van der Waals surface area contributed by atoms with E-state index in [1.54, 1.807) is 11.3 Å². The van der Waals surface area contributed by atoms with Crippen molar-refractivity contribution < 1.29 is 9.90 Å². The number of carbonyl (C=O) groups is 1. The first-order valence-corrected chi connectivity index (χ1v) is 6.61.